The summed E-state index contributed by atoms with van der Waals surface area (Å²) in [6.45, 7) is 8.09. The maximum atomic E-state index is 11.1. The molecule has 0 spiro atoms. The summed E-state index contributed by atoms with van der Waals surface area (Å²) in [5.74, 6) is 0.663. The van der Waals surface area contributed by atoms with E-state index in [0.29, 0.717) is 11.2 Å². The molecule has 3 atom stereocenters. The molecule has 15 heavy (non-hydrogen) atoms. The summed E-state index contributed by atoms with van der Waals surface area (Å²) in [6.07, 6.45) is 1.74. The van der Waals surface area contributed by atoms with E-state index in [0.717, 1.165) is 18.3 Å². The van der Waals surface area contributed by atoms with Crippen LogP contribution in [0.25, 0.3) is 0 Å². The molecule has 3 nitrogen and oxygen atoms in total. The lowest BCUT2D eigenvalue weighted by atomic mass is 10.1. The topological polar surface area (TPSA) is 41.5 Å². The predicted molar refractivity (Wildman–Crippen MR) is 70.1 cm³/mol. The Hall–Kier alpha value is -0.0300. The number of thioether (sulfide) groups is 1. The summed E-state index contributed by atoms with van der Waals surface area (Å²) >= 11 is 1.81. The normalized spacial score (nSPS) is 25.1. The number of amidine groups is 1. The van der Waals surface area contributed by atoms with Gasteiger partial charge in [0.15, 0.2) is 5.17 Å². The molecule has 0 amide bonds. The van der Waals surface area contributed by atoms with Crippen LogP contribution in [0.1, 0.15) is 20.8 Å². The van der Waals surface area contributed by atoms with Crippen LogP contribution in [0.2, 0.25) is 0 Å². The molecule has 1 heterocycles. The fourth-order valence-electron chi connectivity index (χ4n) is 1.18. The van der Waals surface area contributed by atoms with Gasteiger partial charge in [0.1, 0.15) is 0 Å². The summed E-state index contributed by atoms with van der Waals surface area (Å²) in [6, 6.07) is 0. The quantitative estimate of drug-likeness (QED) is 0.819. The fourth-order valence-corrected chi connectivity index (χ4v) is 2.53. The van der Waals surface area contributed by atoms with Gasteiger partial charge in [-0.1, -0.05) is 25.6 Å². The first kappa shape index (κ1) is 13.0. The number of hydrogen-bond donors (Lipinski definition) is 1. The van der Waals surface area contributed by atoms with Crippen molar-refractivity contribution in [1.82, 2.24) is 5.32 Å². The molecule has 0 aromatic heterocycles. The van der Waals surface area contributed by atoms with Crippen molar-refractivity contribution >= 4 is 27.7 Å². The average molecular weight is 248 g/mol. The molecular formula is C10H20N2OS2. The third kappa shape index (κ3) is 4.15. The van der Waals surface area contributed by atoms with Crippen LogP contribution in [-0.4, -0.2) is 39.2 Å². The molecule has 1 aliphatic heterocycles. The Kier molecular flexibility index (Phi) is 5.12. The minimum absolute atomic E-state index is 0.186. The second-order valence-electron chi connectivity index (χ2n) is 4.24. The smallest absolute Gasteiger partial charge is 0.156 e. The standard InChI is InChI=1S/C10H20N2OS2/c1-7(2)9-6-12-10(14-9)11-5-8(3)15(4)13/h7-9H,5-6H2,1-4H3,(H,11,12). The van der Waals surface area contributed by atoms with Crippen LogP contribution < -0.4 is 5.32 Å². The minimum atomic E-state index is -0.755. The van der Waals surface area contributed by atoms with Gasteiger partial charge in [-0.2, -0.15) is 0 Å². The highest BCUT2D eigenvalue weighted by Gasteiger charge is 2.22. The molecule has 3 unspecified atom stereocenters. The molecule has 1 aliphatic rings. The van der Waals surface area contributed by atoms with Gasteiger partial charge in [-0.05, 0) is 12.8 Å². The number of hydrogen-bond acceptors (Lipinski definition) is 4. The van der Waals surface area contributed by atoms with E-state index in [1.54, 1.807) is 6.26 Å². The summed E-state index contributed by atoms with van der Waals surface area (Å²) in [4.78, 5) is 4.44. The maximum absolute atomic E-state index is 11.1. The van der Waals surface area contributed by atoms with E-state index in [1.165, 1.54) is 0 Å². The van der Waals surface area contributed by atoms with Crippen molar-refractivity contribution in [3.63, 3.8) is 0 Å². The molecule has 0 bridgehead atoms. The second-order valence-corrected chi connectivity index (χ2v) is 7.27. The fraction of sp³-hybridized carbons (Fsp3) is 0.900. The van der Waals surface area contributed by atoms with Gasteiger partial charge in [0.2, 0.25) is 0 Å². The van der Waals surface area contributed by atoms with Crippen LogP contribution in [0.4, 0.5) is 0 Å². The molecule has 1 rings (SSSR count). The maximum Gasteiger partial charge on any atom is 0.156 e. The van der Waals surface area contributed by atoms with E-state index in [2.05, 4.69) is 24.2 Å². The van der Waals surface area contributed by atoms with Gasteiger partial charge < -0.3 is 5.32 Å². The summed E-state index contributed by atoms with van der Waals surface area (Å²) in [5, 5.41) is 5.08. The summed E-state index contributed by atoms with van der Waals surface area (Å²) in [5.41, 5.74) is 0. The molecule has 0 fully saturated rings. The minimum Gasteiger partial charge on any atom is -0.364 e. The molecule has 0 aliphatic carbocycles. The highest BCUT2D eigenvalue weighted by atomic mass is 32.2. The van der Waals surface area contributed by atoms with Gasteiger partial charge in [0.25, 0.3) is 0 Å². The van der Waals surface area contributed by atoms with Crippen LogP contribution in [0.3, 0.4) is 0 Å². The Balaban J connectivity index is 2.27. The lowest BCUT2D eigenvalue weighted by molar-refractivity contribution is 0.621. The van der Waals surface area contributed by atoms with Gasteiger partial charge in [-0.3, -0.25) is 9.20 Å². The van der Waals surface area contributed by atoms with E-state index in [9.17, 15) is 4.21 Å². The van der Waals surface area contributed by atoms with Gasteiger partial charge in [0.05, 0.1) is 6.54 Å². The Morgan fingerprint density at radius 1 is 1.60 bits per heavy atom. The van der Waals surface area contributed by atoms with E-state index in [4.69, 9.17) is 0 Å². The van der Waals surface area contributed by atoms with Crippen molar-refractivity contribution in [2.24, 2.45) is 10.9 Å². The Morgan fingerprint density at radius 2 is 2.27 bits per heavy atom. The van der Waals surface area contributed by atoms with Crippen molar-refractivity contribution in [3.05, 3.63) is 0 Å². The molecule has 0 saturated heterocycles. The van der Waals surface area contributed by atoms with E-state index in [-0.39, 0.29) is 5.25 Å². The first-order chi connectivity index (χ1) is 7.00. The highest BCUT2D eigenvalue weighted by molar-refractivity contribution is 8.14. The van der Waals surface area contributed by atoms with Crippen molar-refractivity contribution in [2.75, 3.05) is 19.3 Å². The average Bonchev–Trinajstić information content (AvgIpc) is 2.62. The summed E-state index contributed by atoms with van der Waals surface area (Å²) < 4.78 is 11.1. The molecule has 0 aromatic carbocycles. The number of nitrogens with one attached hydrogen (secondary N) is 1. The van der Waals surface area contributed by atoms with E-state index >= 15 is 0 Å². The zero-order valence-electron chi connectivity index (χ0n) is 9.82. The Morgan fingerprint density at radius 3 is 2.73 bits per heavy atom. The molecule has 0 saturated carbocycles. The van der Waals surface area contributed by atoms with Crippen LogP contribution in [0.15, 0.2) is 4.99 Å². The van der Waals surface area contributed by atoms with Crippen LogP contribution in [0, 0.1) is 5.92 Å². The third-order valence-electron chi connectivity index (χ3n) is 2.53. The zero-order chi connectivity index (χ0) is 11.4. The molecule has 88 valence electrons. The van der Waals surface area contributed by atoms with Crippen molar-refractivity contribution < 1.29 is 4.21 Å². The second kappa shape index (κ2) is 5.89. The molecule has 1 N–H and O–H groups in total. The predicted octanol–water partition coefficient (Wildman–Crippen LogP) is 1.47. The lowest BCUT2D eigenvalue weighted by Gasteiger charge is -2.13. The SMILES string of the molecule is CC(C)C1CN=C(NCC(C)S(C)=O)S1. The first-order valence-electron chi connectivity index (χ1n) is 5.28. The molecular weight excluding hydrogens is 228 g/mol. The van der Waals surface area contributed by atoms with Crippen LogP contribution in [-0.2, 0) is 10.8 Å². The Labute approximate surface area is 99.0 Å². The van der Waals surface area contributed by atoms with Crippen molar-refractivity contribution in [1.29, 1.82) is 0 Å². The number of nitrogens with zero attached hydrogens (tertiary/aromatic N) is 1. The monoisotopic (exact) mass is 248 g/mol. The van der Waals surface area contributed by atoms with Crippen molar-refractivity contribution in [3.8, 4) is 0 Å². The molecule has 0 aromatic rings. The molecule has 5 heteroatoms. The van der Waals surface area contributed by atoms with Crippen LogP contribution in [0.5, 0.6) is 0 Å². The molecule has 0 radical (unpaired) electrons. The van der Waals surface area contributed by atoms with Gasteiger partial charge in [-0.25, -0.2) is 0 Å². The largest absolute Gasteiger partial charge is 0.364 e. The van der Waals surface area contributed by atoms with Crippen molar-refractivity contribution in [2.45, 2.75) is 31.3 Å². The van der Waals surface area contributed by atoms with E-state index < -0.39 is 10.8 Å². The van der Waals surface area contributed by atoms with Crippen LogP contribution >= 0.6 is 11.8 Å². The zero-order valence-corrected chi connectivity index (χ0v) is 11.5. The highest BCUT2D eigenvalue weighted by Crippen LogP contribution is 2.25. The van der Waals surface area contributed by atoms with Gasteiger partial charge in [-0.15, -0.1) is 0 Å². The lowest BCUT2D eigenvalue weighted by Crippen LogP contribution is -2.30. The Bertz CT molecular complexity index is 266. The van der Waals surface area contributed by atoms with Gasteiger partial charge in [0, 0.05) is 34.1 Å². The van der Waals surface area contributed by atoms with Gasteiger partial charge >= 0.3 is 0 Å². The van der Waals surface area contributed by atoms with E-state index in [1.807, 2.05) is 18.7 Å². The number of rotatable bonds is 4. The number of aliphatic imine (C=N–C) groups is 1. The summed E-state index contributed by atoms with van der Waals surface area (Å²) in [7, 11) is -0.755. The third-order valence-corrected chi connectivity index (χ3v) is 5.32. The first-order valence-corrected chi connectivity index (χ1v) is 7.78.